The average molecular weight is 283 g/mol. The van der Waals surface area contributed by atoms with Gasteiger partial charge in [0.15, 0.2) is 0 Å². The van der Waals surface area contributed by atoms with Crippen LogP contribution in [-0.2, 0) is 16.4 Å². The summed E-state index contributed by atoms with van der Waals surface area (Å²) in [5, 5.41) is 0. The van der Waals surface area contributed by atoms with E-state index in [1.807, 2.05) is 18.2 Å². The standard InChI is InChI=1S/C15H25NO2S/c1-15(2,3)13-16(10-11-19(4,17)18)12-14-8-6-5-7-9-14/h5-9H,10-13H2,1-4H3. The van der Waals surface area contributed by atoms with Gasteiger partial charge in [0.25, 0.3) is 0 Å². The van der Waals surface area contributed by atoms with Crippen LogP contribution in [0.2, 0.25) is 0 Å². The minimum absolute atomic E-state index is 0.159. The molecule has 0 unspecified atom stereocenters. The van der Waals surface area contributed by atoms with E-state index < -0.39 is 9.84 Å². The predicted molar refractivity (Wildman–Crippen MR) is 80.9 cm³/mol. The Hall–Kier alpha value is -0.870. The van der Waals surface area contributed by atoms with E-state index >= 15 is 0 Å². The Morgan fingerprint density at radius 1 is 1.11 bits per heavy atom. The van der Waals surface area contributed by atoms with Crippen molar-refractivity contribution in [3.05, 3.63) is 35.9 Å². The Labute approximate surface area is 117 Å². The first-order chi connectivity index (χ1) is 8.66. The third-order valence-electron chi connectivity index (χ3n) is 2.73. The number of hydrogen-bond donors (Lipinski definition) is 0. The zero-order valence-corrected chi connectivity index (χ0v) is 13.2. The van der Waals surface area contributed by atoms with Gasteiger partial charge in [0.1, 0.15) is 9.84 Å². The first kappa shape index (κ1) is 16.2. The van der Waals surface area contributed by atoms with E-state index in [2.05, 4.69) is 37.8 Å². The van der Waals surface area contributed by atoms with Gasteiger partial charge in [-0.3, -0.25) is 4.90 Å². The van der Waals surface area contributed by atoms with Crippen molar-refractivity contribution in [1.29, 1.82) is 0 Å². The van der Waals surface area contributed by atoms with Crippen LogP contribution in [0.25, 0.3) is 0 Å². The third-order valence-corrected chi connectivity index (χ3v) is 3.65. The van der Waals surface area contributed by atoms with Crippen molar-refractivity contribution in [3.63, 3.8) is 0 Å². The molecule has 19 heavy (non-hydrogen) atoms. The van der Waals surface area contributed by atoms with Crippen molar-refractivity contribution >= 4 is 9.84 Å². The average Bonchev–Trinajstić information content (AvgIpc) is 2.24. The molecule has 0 radical (unpaired) electrons. The fraction of sp³-hybridized carbons (Fsp3) is 0.600. The van der Waals surface area contributed by atoms with Crippen LogP contribution < -0.4 is 0 Å². The fourth-order valence-corrected chi connectivity index (χ4v) is 2.61. The molecular weight excluding hydrogens is 258 g/mol. The Bertz CT molecular complexity index is 475. The normalized spacial score (nSPS) is 12.9. The maximum Gasteiger partial charge on any atom is 0.148 e. The quantitative estimate of drug-likeness (QED) is 0.805. The lowest BCUT2D eigenvalue weighted by molar-refractivity contribution is 0.193. The van der Waals surface area contributed by atoms with Crippen molar-refractivity contribution in [2.75, 3.05) is 25.1 Å². The predicted octanol–water partition coefficient (Wildman–Crippen LogP) is 2.58. The Kier molecular flexibility index (Phi) is 5.56. The smallest absolute Gasteiger partial charge is 0.148 e. The summed E-state index contributed by atoms with van der Waals surface area (Å²) < 4.78 is 22.7. The molecule has 0 saturated heterocycles. The van der Waals surface area contributed by atoms with E-state index in [0.29, 0.717) is 6.54 Å². The zero-order valence-electron chi connectivity index (χ0n) is 12.4. The van der Waals surface area contributed by atoms with E-state index in [4.69, 9.17) is 0 Å². The number of sulfone groups is 1. The second kappa shape index (κ2) is 6.53. The minimum Gasteiger partial charge on any atom is -0.298 e. The second-order valence-corrected chi connectivity index (χ2v) is 8.65. The molecule has 0 bridgehead atoms. The van der Waals surface area contributed by atoms with Crippen LogP contribution in [0.15, 0.2) is 30.3 Å². The summed E-state index contributed by atoms with van der Waals surface area (Å²) in [6.07, 6.45) is 1.30. The van der Waals surface area contributed by atoms with Gasteiger partial charge in [-0.15, -0.1) is 0 Å². The highest BCUT2D eigenvalue weighted by Crippen LogP contribution is 2.17. The molecule has 0 atom stereocenters. The lowest BCUT2D eigenvalue weighted by Gasteiger charge is -2.29. The fourth-order valence-electron chi connectivity index (χ4n) is 2.02. The van der Waals surface area contributed by atoms with Gasteiger partial charge < -0.3 is 0 Å². The molecule has 0 heterocycles. The lowest BCUT2D eigenvalue weighted by atomic mass is 9.96. The molecule has 0 aliphatic carbocycles. The van der Waals surface area contributed by atoms with Crippen LogP contribution in [0.5, 0.6) is 0 Å². The monoisotopic (exact) mass is 283 g/mol. The molecule has 108 valence electrons. The Morgan fingerprint density at radius 2 is 1.68 bits per heavy atom. The first-order valence-corrected chi connectivity index (χ1v) is 8.66. The summed E-state index contributed by atoms with van der Waals surface area (Å²) in [4.78, 5) is 2.22. The van der Waals surface area contributed by atoms with Gasteiger partial charge in [-0.25, -0.2) is 8.42 Å². The topological polar surface area (TPSA) is 37.4 Å². The number of hydrogen-bond acceptors (Lipinski definition) is 3. The molecule has 0 N–H and O–H groups in total. The SMILES string of the molecule is CC(C)(C)CN(CCS(C)(=O)=O)Cc1ccccc1. The molecule has 1 rings (SSSR count). The molecule has 0 aliphatic rings. The summed E-state index contributed by atoms with van der Waals surface area (Å²) in [5.41, 5.74) is 1.38. The van der Waals surface area contributed by atoms with E-state index in [0.717, 1.165) is 13.1 Å². The number of rotatable bonds is 6. The minimum atomic E-state index is -2.91. The van der Waals surface area contributed by atoms with Crippen LogP contribution in [0.3, 0.4) is 0 Å². The van der Waals surface area contributed by atoms with Crippen molar-refractivity contribution in [3.8, 4) is 0 Å². The molecule has 0 amide bonds. The van der Waals surface area contributed by atoms with Crippen molar-refractivity contribution in [2.45, 2.75) is 27.3 Å². The molecule has 1 aromatic carbocycles. The summed E-state index contributed by atoms with van der Waals surface area (Å²) in [6.45, 7) is 8.79. The van der Waals surface area contributed by atoms with Crippen LogP contribution in [0.1, 0.15) is 26.3 Å². The maximum atomic E-state index is 11.3. The van der Waals surface area contributed by atoms with Gasteiger partial charge in [0, 0.05) is 25.9 Å². The van der Waals surface area contributed by atoms with Gasteiger partial charge in [-0.1, -0.05) is 51.1 Å². The van der Waals surface area contributed by atoms with E-state index in [1.165, 1.54) is 11.8 Å². The molecular formula is C15H25NO2S. The number of nitrogens with zero attached hydrogens (tertiary/aromatic N) is 1. The third kappa shape index (κ3) is 8.01. The lowest BCUT2D eigenvalue weighted by Crippen LogP contribution is -2.35. The molecule has 0 saturated carbocycles. The Balaban J connectivity index is 2.69. The highest BCUT2D eigenvalue weighted by Gasteiger charge is 2.18. The van der Waals surface area contributed by atoms with E-state index in [9.17, 15) is 8.42 Å². The molecule has 1 aromatic rings. The van der Waals surface area contributed by atoms with Gasteiger partial charge in [0.2, 0.25) is 0 Å². The first-order valence-electron chi connectivity index (χ1n) is 6.60. The maximum absolute atomic E-state index is 11.3. The van der Waals surface area contributed by atoms with Gasteiger partial charge >= 0.3 is 0 Å². The largest absolute Gasteiger partial charge is 0.298 e. The van der Waals surface area contributed by atoms with Gasteiger partial charge in [0.05, 0.1) is 5.75 Å². The highest BCUT2D eigenvalue weighted by atomic mass is 32.2. The van der Waals surface area contributed by atoms with Crippen LogP contribution >= 0.6 is 0 Å². The molecule has 0 spiro atoms. The van der Waals surface area contributed by atoms with E-state index in [-0.39, 0.29) is 11.2 Å². The summed E-state index contributed by atoms with van der Waals surface area (Å²) in [5.74, 6) is 0.218. The molecule has 4 heteroatoms. The van der Waals surface area contributed by atoms with Gasteiger partial charge in [-0.2, -0.15) is 0 Å². The van der Waals surface area contributed by atoms with Crippen LogP contribution in [0.4, 0.5) is 0 Å². The van der Waals surface area contributed by atoms with Crippen LogP contribution in [-0.4, -0.2) is 38.4 Å². The van der Waals surface area contributed by atoms with Crippen molar-refractivity contribution in [1.82, 2.24) is 4.90 Å². The molecule has 0 aromatic heterocycles. The molecule has 0 fully saturated rings. The summed E-state index contributed by atoms with van der Waals surface area (Å²) >= 11 is 0. The number of benzene rings is 1. The van der Waals surface area contributed by atoms with Crippen LogP contribution in [0, 0.1) is 5.41 Å². The summed E-state index contributed by atoms with van der Waals surface area (Å²) in [7, 11) is -2.91. The molecule has 0 aliphatic heterocycles. The van der Waals surface area contributed by atoms with E-state index in [1.54, 1.807) is 0 Å². The van der Waals surface area contributed by atoms with Gasteiger partial charge in [-0.05, 0) is 11.0 Å². The van der Waals surface area contributed by atoms with Crippen molar-refractivity contribution < 1.29 is 8.42 Å². The van der Waals surface area contributed by atoms with Crippen molar-refractivity contribution in [2.24, 2.45) is 5.41 Å². The Morgan fingerprint density at radius 3 is 2.16 bits per heavy atom. The second-order valence-electron chi connectivity index (χ2n) is 6.39. The highest BCUT2D eigenvalue weighted by molar-refractivity contribution is 7.90. The zero-order chi connectivity index (χ0) is 14.5. The molecule has 3 nitrogen and oxygen atoms in total. The summed E-state index contributed by atoms with van der Waals surface area (Å²) in [6, 6.07) is 10.2.